The average molecular weight is 385 g/mol. The summed E-state index contributed by atoms with van der Waals surface area (Å²) in [5.74, 6) is 1.37. The minimum atomic E-state index is -0.197. The Morgan fingerprint density at radius 1 is 1.15 bits per heavy atom. The smallest absolute Gasteiger partial charge is 0.234 e. The minimum absolute atomic E-state index is 0.132. The lowest BCUT2D eigenvalue weighted by atomic mass is 10.2. The predicted molar refractivity (Wildman–Crippen MR) is 97.6 cm³/mol. The van der Waals surface area contributed by atoms with E-state index < -0.39 is 0 Å². The van der Waals surface area contributed by atoms with Crippen LogP contribution in [0.4, 0.5) is 5.69 Å². The molecule has 2 heterocycles. The van der Waals surface area contributed by atoms with Crippen LogP contribution >= 0.6 is 11.8 Å². The molecule has 10 heteroatoms. The topological polar surface area (TPSA) is 111 Å². The molecule has 4 rings (SSSR count). The number of carbonyl (C=O) groups excluding carboxylic acids is 1. The van der Waals surface area contributed by atoms with Gasteiger partial charge in [0.05, 0.1) is 11.4 Å². The molecule has 0 radical (unpaired) electrons. The highest BCUT2D eigenvalue weighted by atomic mass is 32.2. The molecule has 0 atom stereocenters. The highest BCUT2D eigenvalue weighted by Crippen LogP contribution is 2.32. The Hall–Kier alpha value is -3.27. The second-order valence-corrected chi connectivity index (χ2v) is 6.53. The zero-order valence-corrected chi connectivity index (χ0v) is 14.8. The van der Waals surface area contributed by atoms with Gasteiger partial charge in [0.2, 0.25) is 11.1 Å². The van der Waals surface area contributed by atoms with Crippen LogP contribution in [0.5, 0.6) is 17.2 Å². The monoisotopic (exact) mass is 385 g/mol. The van der Waals surface area contributed by atoms with E-state index in [-0.39, 0.29) is 17.4 Å². The first-order valence-electron chi connectivity index (χ1n) is 8.09. The third kappa shape index (κ3) is 3.95. The number of nitrogens with zero attached hydrogens (tertiary/aromatic N) is 4. The largest absolute Gasteiger partial charge is 0.508 e. The van der Waals surface area contributed by atoms with Crippen LogP contribution in [-0.2, 0) is 4.79 Å². The number of hydrogen-bond acceptors (Lipinski definition) is 8. The number of aromatic hydroxyl groups is 1. The summed E-state index contributed by atoms with van der Waals surface area (Å²) in [6.45, 7) is 1.01. The Morgan fingerprint density at radius 2 is 1.93 bits per heavy atom. The van der Waals surface area contributed by atoms with E-state index in [1.54, 1.807) is 42.5 Å². The second-order valence-electron chi connectivity index (χ2n) is 5.58. The molecule has 27 heavy (non-hydrogen) atoms. The van der Waals surface area contributed by atoms with Gasteiger partial charge in [-0.1, -0.05) is 11.8 Å². The van der Waals surface area contributed by atoms with Crippen molar-refractivity contribution >= 4 is 23.4 Å². The van der Waals surface area contributed by atoms with E-state index in [1.807, 2.05) is 0 Å². The van der Waals surface area contributed by atoms with Crippen molar-refractivity contribution in [2.45, 2.75) is 5.16 Å². The van der Waals surface area contributed by atoms with E-state index in [9.17, 15) is 9.90 Å². The fraction of sp³-hybridized carbons (Fsp3) is 0.176. The summed E-state index contributed by atoms with van der Waals surface area (Å²) in [5, 5.41) is 24.2. The van der Waals surface area contributed by atoms with Gasteiger partial charge in [-0.2, -0.15) is 4.68 Å². The third-order valence-electron chi connectivity index (χ3n) is 3.69. The molecule has 9 nitrogen and oxygen atoms in total. The Labute approximate surface area is 158 Å². The number of fused-ring (bicyclic) bond motifs is 1. The van der Waals surface area contributed by atoms with Gasteiger partial charge >= 0.3 is 0 Å². The minimum Gasteiger partial charge on any atom is -0.508 e. The van der Waals surface area contributed by atoms with Gasteiger partial charge in [-0.15, -0.1) is 5.10 Å². The van der Waals surface area contributed by atoms with Gasteiger partial charge in [0.1, 0.15) is 19.0 Å². The van der Waals surface area contributed by atoms with Crippen LogP contribution in [0.3, 0.4) is 0 Å². The number of thioether (sulfide) groups is 1. The van der Waals surface area contributed by atoms with Crippen LogP contribution in [0, 0.1) is 0 Å². The van der Waals surface area contributed by atoms with Crippen molar-refractivity contribution < 1.29 is 19.4 Å². The number of phenolic OH excluding ortho intramolecular Hbond substituents is 1. The Morgan fingerprint density at radius 3 is 2.74 bits per heavy atom. The van der Waals surface area contributed by atoms with Crippen molar-refractivity contribution in [1.82, 2.24) is 20.2 Å². The molecule has 1 aliphatic rings. The third-order valence-corrected chi connectivity index (χ3v) is 4.61. The first-order chi connectivity index (χ1) is 13.2. The fourth-order valence-electron chi connectivity index (χ4n) is 2.47. The number of aromatic nitrogens is 4. The number of nitrogens with one attached hydrogen (secondary N) is 1. The van der Waals surface area contributed by atoms with E-state index >= 15 is 0 Å². The first kappa shape index (κ1) is 17.2. The lowest BCUT2D eigenvalue weighted by Gasteiger charge is -2.18. The number of hydrogen-bond donors (Lipinski definition) is 2. The number of anilines is 1. The van der Waals surface area contributed by atoms with Gasteiger partial charge in [-0.05, 0) is 46.8 Å². The summed E-state index contributed by atoms with van der Waals surface area (Å²) in [6.07, 6.45) is 0. The van der Waals surface area contributed by atoms with Gasteiger partial charge < -0.3 is 19.9 Å². The molecule has 0 spiro atoms. The number of carbonyl (C=O) groups is 1. The van der Waals surface area contributed by atoms with Gasteiger partial charge in [0.25, 0.3) is 0 Å². The van der Waals surface area contributed by atoms with Gasteiger partial charge in [0, 0.05) is 11.8 Å². The van der Waals surface area contributed by atoms with Crippen molar-refractivity contribution in [3.8, 4) is 22.9 Å². The van der Waals surface area contributed by atoms with Crippen molar-refractivity contribution in [1.29, 1.82) is 0 Å². The molecule has 0 aliphatic carbocycles. The van der Waals surface area contributed by atoms with Crippen LogP contribution in [0.1, 0.15) is 0 Å². The van der Waals surface area contributed by atoms with Gasteiger partial charge in [0.15, 0.2) is 11.5 Å². The van der Waals surface area contributed by atoms with Crippen molar-refractivity contribution in [2.75, 3.05) is 24.3 Å². The van der Waals surface area contributed by atoms with E-state index in [1.165, 1.54) is 16.4 Å². The number of benzene rings is 2. The first-order valence-corrected chi connectivity index (χ1v) is 9.08. The highest BCUT2D eigenvalue weighted by molar-refractivity contribution is 7.99. The molecule has 3 aromatic rings. The molecule has 0 bridgehead atoms. The summed E-state index contributed by atoms with van der Waals surface area (Å²) in [5.41, 5.74) is 1.32. The quantitative estimate of drug-likeness (QED) is 0.640. The van der Waals surface area contributed by atoms with Crippen LogP contribution in [0.15, 0.2) is 47.6 Å². The SMILES string of the molecule is O=C(CSc1nnnn1-c1ccc(O)cc1)Nc1ccc2c(c1)OCCO2. The summed E-state index contributed by atoms with van der Waals surface area (Å²) in [4.78, 5) is 12.3. The standard InChI is InChI=1S/C17H15N5O4S/c23-13-4-2-12(3-5-13)22-17(19-20-21-22)27-10-16(24)18-11-1-6-14-15(9-11)26-8-7-25-14/h1-6,9,23H,7-8,10H2,(H,18,24). The lowest BCUT2D eigenvalue weighted by molar-refractivity contribution is -0.113. The molecule has 1 aromatic heterocycles. The molecule has 0 saturated heterocycles. The zero-order valence-electron chi connectivity index (χ0n) is 14.0. The van der Waals surface area contributed by atoms with Crippen LogP contribution in [0.25, 0.3) is 5.69 Å². The number of tetrazole rings is 1. The Bertz CT molecular complexity index is 960. The molecule has 2 N–H and O–H groups in total. The van der Waals surface area contributed by atoms with Crippen LogP contribution < -0.4 is 14.8 Å². The summed E-state index contributed by atoms with van der Waals surface area (Å²) in [6, 6.07) is 11.7. The maximum Gasteiger partial charge on any atom is 0.234 e. The Kier molecular flexibility index (Phi) is 4.79. The second kappa shape index (κ2) is 7.54. The molecule has 1 amide bonds. The molecule has 138 valence electrons. The van der Waals surface area contributed by atoms with Crippen molar-refractivity contribution in [2.24, 2.45) is 0 Å². The Balaban J connectivity index is 1.39. The molecular formula is C17H15N5O4S. The number of ether oxygens (including phenoxy) is 2. The van der Waals surface area contributed by atoms with Crippen molar-refractivity contribution in [3.05, 3.63) is 42.5 Å². The molecule has 0 saturated carbocycles. The summed E-state index contributed by atoms with van der Waals surface area (Å²) < 4.78 is 12.5. The molecule has 0 fully saturated rings. The zero-order chi connectivity index (χ0) is 18.6. The van der Waals surface area contributed by atoms with E-state index in [0.29, 0.717) is 41.2 Å². The maximum atomic E-state index is 12.3. The fourth-order valence-corrected chi connectivity index (χ4v) is 3.16. The molecular weight excluding hydrogens is 370 g/mol. The van der Waals surface area contributed by atoms with Crippen molar-refractivity contribution in [3.63, 3.8) is 0 Å². The summed E-state index contributed by atoms with van der Waals surface area (Å²) >= 11 is 1.21. The highest BCUT2D eigenvalue weighted by Gasteiger charge is 2.14. The lowest BCUT2D eigenvalue weighted by Crippen LogP contribution is -2.17. The number of phenols is 1. The normalized spacial score (nSPS) is 12.6. The van der Waals surface area contributed by atoms with E-state index in [4.69, 9.17) is 9.47 Å². The average Bonchev–Trinajstić information content (AvgIpc) is 3.15. The summed E-state index contributed by atoms with van der Waals surface area (Å²) in [7, 11) is 0. The van der Waals surface area contributed by atoms with Crippen LogP contribution in [0.2, 0.25) is 0 Å². The molecule has 2 aromatic carbocycles. The molecule has 1 aliphatic heterocycles. The van der Waals surface area contributed by atoms with Crippen LogP contribution in [-0.4, -0.2) is 50.2 Å². The predicted octanol–water partition coefficient (Wildman–Crippen LogP) is 1.87. The maximum absolute atomic E-state index is 12.3. The van der Waals surface area contributed by atoms with Gasteiger partial charge in [-0.25, -0.2) is 0 Å². The van der Waals surface area contributed by atoms with E-state index in [2.05, 4.69) is 20.8 Å². The molecule has 0 unspecified atom stereocenters. The number of rotatable bonds is 5. The van der Waals surface area contributed by atoms with E-state index in [0.717, 1.165) is 0 Å². The van der Waals surface area contributed by atoms with Gasteiger partial charge in [-0.3, -0.25) is 4.79 Å². The number of amides is 1.